The molecule has 3 rings (SSSR count). The highest BCUT2D eigenvalue weighted by Crippen LogP contribution is 2.26. The minimum atomic E-state index is 0.949. The van der Waals surface area contributed by atoms with Crippen molar-refractivity contribution >= 4 is 5.71 Å². The van der Waals surface area contributed by atoms with Crippen LogP contribution in [-0.4, -0.2) is 56.0 Å². The number of hydrogen-bond donors (Lipinski definition) is 0. The first-order valence-electron chi connectivity index (χ1n) is 7.44. The molecule has 1 aromatic rings. The van der Waals surface area contributed by atoms with Crippen LogP contribution in [0.4, 0.5) is 0 Å². The second-order valence-corrected chi connectivity index (χ2v) is 5.68. The number of hydrazone groups is 1. The van der Waals surface area contributed by atoms with E-state index in [0.29, 0.717) is 0 Å². The molecule has 1 fully saturated rings. The molecule has 20 heavy (non-hydrogen) atoms. The van der Waals surface area contributed by atoms with Crippen molar-refractivity contribution in [2.75, 3.05) is 40.3 Å². The Hall–Kier alpha value is -1.55. The maximum Gasteiger partial charge on any atom is 0.119 e. The number of likely N-dealkylation sites (N-methyl/N-ethyl adjacent to an activating group) is 1. The van der Waals surface area contributed by atoms with E-state index < -0.39 is 0 Å². The molecule has 4 heteroatoms. The van der Waals surface area contributed by atoms with Crippen LogP contribution in [0.15, 0.2) is 23.3 Å². The molecule has 1 heterocycles. The zero-order valence-corrected chi connectivity index (χ0v) is 12.4. The molecular weight excluding hydrogens is 250 g/mol. The van der Waals surface area contributed by atoms with Gasteiger partial charge in [0.15, 0.2) is 0 Å². The van der Waals surface area contributed by atoms with Crippen LogP contribution in [0.2, 0.25) is 0 Å². The van der Waals surface area contributed by atoms with Gasteiger partial charge in [-0.15, -0.1) is 0 Å². The first-order chi connectivity index (χ1) is 9.76. The van der Waals surface area contributed by atoms with Crippen LogP contribution in [0.3, 0.4) is 0 Å². The Bertz CT molecular complexity index is 504. The molecule has 1 aromatic carbocycles. The van der Waals surface area contributed by atoms with Crippen LogP contribution in [0, 0.1) is 0 Å². The summed E-state index contributed by atoms with van der Waals surface area (Å²) in [7, 11) is 3.90. The predicted molar refractivity (Wildman–Crippen MR) is 81.5 cm³/mol. The van der Waals surface area contributed by atoms with Crippen LogP contribution in [0.5, 0.6) is 5.75 Å². The van der Waals surface area contributed by atoms with Crippen molar-refractivity contribution in [2.45, 2.75) is 19.3 Å². The molecule has 0 amide bonds. The van der Waals surface area contributed by atoms with Crippen LogP contribution < -0.4 is 4.74 Å². The largest absolute Gasteiger partial charge is 0.497 e. The summed E-state index contributed by atoms with van der Waals surface area (Å²) in [4.78, 5) is 2.36. The molecule has 0 radical (unpaired) electrons. The summed E-state index contributed by atoms with van der Waals surface area (Å²) < 4.78 is 5.32. The lowest BCUT2D eigenvalue weighted by atomic mass is 9.90. The molecule has 1 aliphatic heterocycles. The van der Waals surface area contributed by atoms with Gasteiger partial charge in [0.05, 0.1) is 12.8 Å². The van der Waals surface area contributed by atoms with Gasteiger partial charge in [-0.1, -0.05) is 0 Å². The topological polar surface area (TPSA) is 28.1 Å². The van der Waals surface area contributed by atoms with Crippen molar-refractivity contribution in [3.63, 3.8) is 0 Å². The molecule has 0 spiro atoms. The third-order valence-electron chi connectivity index (χ3n) is 4.22. The van der Waals surface area contributed by atoms with E-state index >= 15 is 0 Å². The van der Waals surface area contributed by atoms with E-state index in [1.54, 1.807) is 7.11 Å². The molecule has 1 saturated heterocycles. The lowest BCUT2D eigenvalue weighted by Crippen LogP contribution is -2.42. The van der Waals surface area contributed by atoms with Crippen molar-refractivity contribution in [1.29, 1.82) is 0 Å². The molecule has 1 aliphatic carbocycles. The molecule has 0 saturated carbocycles. The number of nitrogens with zero attached hydrogens (tertiary/aromatic N) is 3. The molecule has 0 unspecified atom stereocenters. The monoisotopic (exact) mass is 273 g/mol. The Labute approximate surface area is 121 Å². The number of aryl methyl sites for hydroxylation is 1. The highest BCUT2D eigenvalue weighted by Gasteiger charge is 2.18. The number of rotatable bonds is 2. The highest BCUT2D eigenvalue weighted by molar-refractivity contribution is 6.02. The van der Waals surface area contributed by atoms with Gasteiger partial charge in [-0.2, -0.15) is 5.10 Å². The maximum atomic E-state index is 5.32. The average molecular weight is 273 g/mol. The SMILES string of the molecule is COc1ccc2c(c1)CCC/C2=N\N1CCN(C)CC1. The fraction of sp³-hybridized carbons (Fsp3) is 0.562. The molecule has 0 atom stereocenters. The Balaban J connectivity index is 1.82. The lowest BCUT2D eigenvalue weighted by molar-refractivity contribution is 0.158. The number of hydrogen-bond acceptors (Lipinski definition) is 4. The molecule has 0 bridgehead atoms. The van der Waals surface area contributed by atoms with Crippen molar-refractivity contribution in [3.05, 3.63) is 29.3 Å². The summed E-state index contributed by atoms with van der Waals surface area (Å²) in [6.07, 6.45) is 3.41. The first kappa shape index (κ1) is 13.4. The van der Waals surface area contributed by atoms with Gasteiger partial charge < -0.3 is 9.64 Å². The standard InChI is InChI=1S/C16H23N3O/c1-18-8-10-19(11-9-18)17-16-5-3-4-13-12-14(20-2)6-7-15(13)16/h6-7,12H,3-5,8-11H2,1-2H3/b17-16+. The average Bonchev–Trinajstić information content (AvgIpc) is 2.49. The van der Waals surface area contributed by atoms with Gasteiger partial charge in [0.2, 0.25) is 0 Å². The summed E-state index contributed by atoms with van der Waals surface area (Å²) in [5.74, 6) is 0.949. The maximum absolute atomic E-state index is 5.32. The van der Waals surface area contributed by atoms with Crippen molar-refractivity contribution in [2.24, 2.45) is 5.10 Å². The summed E-state index contributed by atoms with van der Waals surface area (Å²) in [6, 6.07) is 6.37. The Morgan fingerprint density at radius 1 is 1.10 bits per heavy atom. The third-order valence-corrected chi connectivity index (χ3v) is 4.22. The van der Waals surface area contributed by atoms with Crippen LogP contribution in [0.1, 0.15) is 24.0 Å². The number of benzene rings is 1. The van der Waals surface area contributed by atoms with Gasteiger partial charge in [-0.25, -0.2) is 0 Å². The zero-order valence-electron chi connectivity index (χ0n) is 12.4. The fourth-order valence-electron chi connectivity index (χ4n) is 2.94. The number of fused-ring (bicyclic) bond motifs is 1. The fourth-order valence-corrected chi connectivity index (χ4v) is 2.94. The van der Waals surface area contributed by atoms with Gasteiger partial charge in [-0.3, -0.25) is 5.01 Å². The third kappa shape index (κ3) is 2.80. The molecule has 108 valence electrons. The highest BCUT2D eigenvalue weighted by atomic mass is 16.5. The Morgan fingerprint density at radius 3 is 2.65 bits per heavy atom. The van der Waals surface area contributed by atoms with E-state index in [1.807, 2.05) is 6.07 Å². The Morgan fingerprint density at radius 2 is 1.90 bits per heavy atom. The lowest BCUT2D eigenvalue weighted by Gasteiger charge is -2.31. The minimum absolute atomic E-state index is 0.949. The summed E-state index contributed by atoms with van der Waals surface area (Å²) in [5.41, 5.74) is 3.94. The Kier molecular flexibility index (Phi) is 3.92. The number of piperazine rings is 1. The van der Waals surface area contributed by atoms with E-state index in [1.165, 1.54) is 23.3 Å². The normalized spacial score (nSPS) is 21.9. The summed E-state index contributed by atoms with van der Waals surface area (Å²) in [6.45, 7) is 4.27. The first-order valence-corrected chi connectivity index (χ1v) is 7.44. The molecule has 0 N–H and O–H groups in total. The van der Waals surface area contributed by atoms with Gasteiger partial charge in [0, 0.05) is 31.7 Å². The van der Waals surface area contributed by atoms with Gasteiger partial charge in [-0.05, 0) is 50.1 Å². The van der Waals surface area contributed by atoms with E-state index in [-0.39, 0.29) is 0 Å². The van der Waals surface area contributed by atoms with E-state index in [4.69, 9.17) is 9.84 Å². The van der Waals surface area contributed by atoms with Crippen molar-refractivity contribution < 1.29 is 4.74 Å². The van der Waals surface area contributed by atoms with Crippen LogP contribution >= 0.6 is 0 Å². The number of ether oxygens (including phenoxy) is 1. The minimum Gasteiger partial charge on any atom is -0.497 e. The van der Waals surface area contributed by atoms with Gasteiger partial charge >= 0.3 is 0 Å². The quantitative estimate of drug-likeness (QED) is 0.825. The van der Waals surface area contributed by atoms with Crippen molar-refractivity contribution in [1.82, 2.24) is 9.91 Å². The predicted octanol–water partition coefficient (Wildman–Crippen LogP) is 1.98. The second kappa shape index (κ2) is 5.83. The molecule has 2 aliphatic rings. The van der Waals surface area contributed by atoms with Gasteiger partial charge in [0.25, 0.3) is 0 Å². The van der Waals surface area contributed by atoms with Crippen LogP contribution in [0.25, 0.3) is 0 Å². The molecule has 0 aromatic heterocycles. The summed E-state index contributed by atoms with van der Waals surface area (Å²) >= 11 is 0. The van der Waals surface area contributed by atoms with Gasteiger partial charge in [0.1, 0.15) is 5.75 Å². The molecular formula is C16H23N3O. The smallest absolute Gasteiger partial charge is 0.119 e. The van der Waals surface area contributed by atoms with E-state index in [0.717, 1.165) is 44.8 Å². The van der Waals surface area contributed by atoms with Crippen LogP contribution in [-0.2, 0) is 6.42 Å². The second-order valence-electron chi connectivity index (χ2n) is 5.68. The van der Waals surface area contributed by atoms with E-state index in [9.17, 15) is 0 Å². The van der Waals surface area contributed by atoms with Crippen molar-refractivity contribution in [3.8, 4) is 5.75 Å². The zero-order chi connectivity index (χ0) is 13.9. The molecule has 4 nitrogen and oxygen atoms in total. The number of methoxy groups -OCH3 is 1. The van der Waals surface area contributed by atoms with E-state index in [2.05, 4.69) is 29.1 Å². The summed E-state index contributed by atoms with van der Waals surface area (Å²) in [5, 5.41) is 7.14.